The molecule has 0 aliphatic carbocycles. The van der Waals surface area contributed by atoms with E-state index in [0.29, 0.717) is 28.9 Å². The number of nitrogens with one attached hydrogen (secondary N) is 1. The Labute approximate surface area is 104 Å². The summed E-state index contributed by atoms with van der Waals surface area (Å²) in [4.78, 5) is 16.0. The Balaban J connectivity index is 2.05. The van der Waals surface area contributed by atoms with E-state index in [0.717, 1.165) is 0 Å². The minimum absolute atomic E-state index is 0.124. The van der Waals surface area contributed by atoms with Crippen LogP contribution in [0.2, 0.25) is 0 Å². The topological polar surface area (TPSA) is 55.1 Å². The number of hydrogen-bond acceptors (Lipinski definition) is 4. The van der Waals surface area contributed by atoms with Crippen molar-refractivity contribution in [1.82, 2.24) is 10.3 Å². The van der Waals surface area contributed by atoms with Crippen LogP contribution in [0.3, 0.4) is 0 Å². The molecule has 1 amide bonds. The number of furan rings is 1. The molecule has 0 atom stereocenters. The zero-order chi connectivity index (χ0) is 12.3. The van der Waals surface area contributed by atoms with Crippen LogP contribution >= 0.6 is 11.3 Å². The van der Waals surface area contributed by atoms with Crippen LogP contribution < -0.4 is 5.32 Å². The monoisotopic (exact) mass is 250 g/mol. The molecule has 1 N–H and O–H groups in total. The molecule has 0 aromatic carbocycles. The average Bonchev–Trinajstić information content (AvgIpc) is 2.94. The fourth-order valence-corrected chi connectivity index (χ4v) is 2.01. The Bertz CT molecular complexity index is 488. The van der Waals surface area contributed by atoms with Crippen molar-refractivity contribution in [3.8, 4) is 11.5 Å². The largest absolute Gasteiger partial charge is 0.463 e. The van der Waals surface area contributed by atoms with Crippen LogP contribution in [-0.2, 0) is 0 Å². The first-order chi connectivity index (χ1) is 8.16. The molecule has 2 heterocycles. The van der Waals surface area contributed by atoms with Crippen LogP contribution in [-0.4, -0.2) is 17.4 Å². The van der Waals surface area contributed by atoms with Gasteiger partial charge in [-0.3, -0.25) is 4.79 Å². The molecular weight excluding hydrogens is 236 g/mol. The number of amides is 1. The predicted molar refractivity (Wildman–Crippen MR) is 67.0 cm³/mol. The fourth-order valence-electron chi connectivity index (χ4n) is 1.29. The minimum atomic E-state index is -0.124. The highest BCUT2D eigenvalue weighted by Gasteiger charge is 2.13. The quantitative estimate of drug-likeness (QED) is 0.907. The highest BCUT2D eigenvalue weighted by Crippen LogP contribution is 2.21. The number of aromatic nitrogens is 1. The highest BCUT2D eigenvalue weighted by atomic mass is 32.1. The number of thiazole rings is 1. The zero-order valence-electron chi connectivity index (χ0n) is 9.77. The third-order valence-electron chi connectivity index (χ3n) is 2.14. The van der Waals surface area contributed by atoms with Gasteiger partial charge in [-0.25, -0.2) is 4.98 Å². The lowest BCUT2D eigenvalue weighted by atomic mass is 10.2. The van der Waals surface area contributed by atoms with E-state index < -0.39 is 0 Å². The van der Waals surface area contributed by atoms with E-state index in [4.69, 9.17) is 4.42 Å². The van der Waals surface area contributed by atoms with Gasteiger partial charge in [0.2, 0.25) is 0 Å². The summed E-state index contributed by atoms with van der Waals surface area (Å²) >= 11 is 1.32. The molecule has 4 nitrogen and oxygen atoms in total. The number of carbonyl (C=O) groups is 1. The molecule has 0 aliphatic heterocycles. The molecule has 0 radical (unpaired) electrons. The summed E-state index contributed by atoms with van der Waals surface area (Å²) in [6, 6.07) is 3.62. The summed E-state index contributed by atoms with van der Waals surface area (Å²) in [5, 5.41) is 5.13. The molecule has 2 rings (SSSR count). The number of hydrogen-bond donors (Lipinski definition) is 1. The van der Waals surface area contributed by atoms with Gasteiger partial charge in [0.15, 0.2) is 10.8 Å². The Morgan fingerprint density at radius 1 is 1.59 bits per heavy atom. The normalized spacial score (nSPS) is 10.8. The summed E-state index contributed by atoms with van der Waals surface area (Å²) in [7, 11) is 0. The van der Waals surface area contributed by atoms with Gasteiger partial charge in [-0.1, -0.05) is 13.8 Å². The molecule has 17 heavy (non-hydrogen) atoms. The van der Waals surface area contributed by atoms with E-state index in [-0.39, 0.29) is 5.91 Å². The van der Waals surface area contributed by atoms with Gasteiger partial charge in [-0.15, -0.1) is 11.3 Å². The molecule has 0 bridgehead atoms. The van der Waals surface area contributed by atoms with E-state index in [1.165, 1.54) is 11.3 Å². The van der Waals surface area contributed by atoms with Crippen LogP contribution in [0.1, 0.15) is 23.6 Å². The van der Waals surface area contributed by atoms with Crippen molar-refractivity contribution in [2.45, 2.75) is 13.8 Å². The van der Waals surface area contributed by atoms with Crippen LogP contribution in [0.25, 0.3) is 11.5 Å². The molecule has 2 aromatic heterocycles. The van der Waals surface area contributed by atoms with Gasteiger partial charge in [0, 0.05) is 11.9 Å². The standard InChI is InChI=1S/C12H14N2O2S/c1-8(2)6-13-11(15)12-14-9(7-17-12)10-4-3-5-16-10/h3-5,7-8H,6H2,1-2H3,(H,13,15). The Morgan fingerprint density at radius 2 is 2.41 bits per heavy atom. The Kier molecular flexibility index (Phi) is 3.58. The molecule has 2 aromatic rings. The molecule has 0 spiro atoms. The molecule has 0 saturated carbocycles. The van der Waals surface area contributed by atoms with Gasteiger partial charge < -0.3 is 9.73 Å². The van der Waals surface area contributed by atoms with Gasteiger partial charge >= 0.3 is 0 Å². The maximum Gasteiger partial charge on any atom is 0.280 e. The first kappa shape index (κ1) is 11.9. The second kappa shape index (κ2) is 5.14. The van der Waals surface area contributed by atoms with Gasteiger partial charge in [0.25, 0.3) is 5.91 Å². The molecule has 5 heteroatoms. The number of rotatable bonds is 4. The van der Waals surface area contributed by atoms with E-state index in [2.05, 4.69) is 24.1 Å². The molecule has 90 valence electrons. The van der Waals surface area contributed by atoms with E-state index in [1.807, 2.05) is 11.4 Å². The van der Waals surface area contributed by atoms with Crippen molar-refractivity contribution in [2.75, 3.05) is 6.54 Å². The van der Waals surface area contributed by atoms with Gasteiger partial charge in [0.05, 0.1) is 6.26 Å². The highest BCUT2D eigenvalue weighted by molar-refractivity contribution is 7.12. The summed E-state index contributed by atoms with van der Waals surface area (Å²) in [5.41, 5.74) is 0.703. The smallest absolute Gasteiger partial charge is 0.280 e. The van der Waals surface area contributed by atoms with Crippen molar-refractivity contribution in [3.63, 3.8) is 0 Å². The predicted octanol–water partition coefficient (Wildman–Crippen LogP) is 2.79. The SMILES string of the molecule is CC(C)CNC(=O)c1nc(-c2ccco2)cs1. The zero-order valence-corrected chi connectivity index (χ0v) is 10.6. The van der Waals surface area contributed by atoms with E-state index >= 15 is 0 Å². The van der Waals surface area contributed by atoms with Crippen LogP contribution in [0.4, 0.5) is 0 Å². The Hall–Kier alpha value is -1.62. The summed E-state index contributed by atoms with van der Waals surface area (Å²) in [6.07, 6.45) is 1.59. The van der Waals surface area contributed by atoms with E-state index in [1.54, 1.807) is 12.3 Å². The van der Waals surface area contributed by atoms with Crippen molar-refractivity contribution in [1.29, 1.82) is 0 Å². The summed E-state index contributed by atoms with van der Waals surface area (Å²) in [6.45, 7) is 4.77. The van der Waals surface area contributed by atoms with E-state index in [9.17, 15) is 4.79 Å². The first-order valence-electron chi connectivity index (χ1n) is 5.44. The second-order valence-electron chi connectivity index (χ2n) is 4.12. The fraction of sp³-hybridized carbons (Fsp3) is 0.333. The van der Waals surface area contributed by atoms with Crippen molar-refractivity contribution < 1.29 is 9.21 Å². The summed E-state index contributed by atoms with van der Waals surface area (Å²) in [5.74, 6) is 0.995. The number of carbonyl (C=O) groups excluding carboxylic acids is 1. The molecule has 0 saturated heterocycles. The van der Waals surface area contributed by atoms with Crippen molar-refractivity contribution >= 4 is 17.2 Å². The minimum Gasteiger partial charge on any atom is -0.463 e. The third-order valence-corrected chi connectivity index (χ3v) is 2.98. The third kappa shape index (κ3) is 2.94. The van der Waals surface area contributed by atoms with Gasteiger partial charge in [-0.05, 0) is 18.1 Å². The molecule has 0 unspecified atom stereocenters. The average molecular weight is 250 g/mol. The maximum atomic E-state index is 11.7. The van der Waals surface area contributed by atoms with Crippen molar-refractivity contribution in [3.05, 3.63) is 28.8 Å². The molecular formula is C12H14N2O2S. The maximum absolute atomic E-state index is 11.7. The second-order valence-corrected chi connectivity index (χ2v) is 4.98. The van der Waals surface area contributed by atoms with Crippen LogP contribution in [0, 0.1) is 5.92 Å². The van der Waals surface area contributed by atoms with Crippen molar-refractivity contribution in [2.24, 2.45) is 5.92 Å². The summed E-state index contributed by atoms with van der Waals surface area (Å²) < 4.78 is 5.22. The molecule has 0 aliphatic rings. The van der Waals surface area contributed by atoms with Crippen LogP contribution in [0.5, 0.6) is 0 Å². The number of nitrogens with zero attached hydrogens (tertiary/aromatic N) is 1. The molecule has 0 fully saturated rings. The lowest BCUT2D eigenvalue weighted by Crippen LogP contribution is -2.27. The lowest BCUT2D eigenvalue weighted by molar-refractivity contribution is 0.0948. The van der Waals surface area contributed by atoms with Crippen LogP contribution in [0.15, 0.2) is 28.2 Å². The lowest BCUT2D eigenvalue weighted by Gasteiger charge is -2.04. The van der Waals surface area contributed by atoms with Gasteiger partial charge in [-0.2, -0.15) is 0 Å². The first-order valence-corrected chi connectivity index (χ1v) is 6.32. The van der Waals surface area contributed by atoms with Gasteiger partial charge in [0.1, 0.15) is 5.69 Å². The Morgan fingerprint density at radius 3 is 3.06 bits per heavy atom.